The number of nitrogens with one attached hydrogen (secondary N) is 1. The molecule has 2 heterocycles. The van der Waals surface area contributed by atoms with Crippen molar-refractivity contribution in [3.05, 3.63) is 0 Å². The van der Waals surface area contributed by atoms with Crippen molar-refractivity contribution in [1.29, 1.82) is 0 Å². The number of rotatable bonds is 1. The predicted octanol–water partition coefficient (Wildman–Crippen LogP) is 1.24. The molecule has 3 nitrogen and oxygen atoms in total. The standard InChI is InChI=1S/C13H24N2O/c1-2-4-12-11(3-1)13(5-6-14-12)15-7-9-16-10-8-15/h11-14H,1-10H2/t11-,12+,13-/m1/s1. The van der Waals surface area contributed by atoms with Crippen LogP contribution in [0.15, 0.2) is 0 Å². The number of piperidine rings is 1. The average Bonchev–Trinajstić information content (AvgIpc) is 2.39. The Labute approximate surface area is 98.5 Å². The van der Waals surface area contributed by atoms with Gasteiger partial charge < -0.3 is 10.1 Å². The van der Waals surface area contributed by atoms with Gasteiger partial charge in [0, 0.05) is 25.2 Å². The van der Waals surface area contributed by atoms with Crippen molar-refractivity contribution in [1.82, 2.24) is 10.2 Å². The quantitative estimate of drug-likeness (QED) is 0.725. The van der Waals surface area contributed by atoms with Crippen LogP contribution in [0.1, 0.15) is 32.1 Å². The van der Waals surface area contributed by atoms with E-state index < -0.39 is 0 Å². The van der Waals surface area contributed by atoms with Crippen LogP contribution in [0.3, 0.4) is 0 Å². The smallest absolute Gasteiger partial charge is 0.0594 e. The number of nitrogens with zero attached hydrogens (tertiary/aromatic N) is 1. The van der Waals surface area contributed by atoms with Crippen molar-refractivity contribution in [2.75, 3.05) is 32.8 Å². The minimum absolute atomic E-state index is 0.815. The fraction of sp³-hybridized carbons (Fsp3) is 1.00. The summed E-state index contributed by atoms with van der Waals surface area (Å²) in [7, 11) is 0. The van der Waals surface area contributed by atoms with Crippen LogP contribution in [-0.4, -0.2) is 49.8 Å². The molecular formula is C13H24N2O. The zero-order chi connectivity index (χ0) is 10.8. The molecule has 92 valence electrons. The van der Waals surface area contributed by atoms with E-state index in [2.05, 4.69) is 10.2 Å². The lowest BCUT2D eigenvalue weighted by atomic mass is 9.76. The van der Waals surface area contributed by atoms with E-state index in [4.69, 9.17) is 4.74 Å². The molecule has 0 aromatic carbocycles. The van der Waals surface area contributed by atoms with Crippen molar-refractivity contribution >= 4 is 0 Å². The summed E-state index contributed by atoms with van der Waals surface area (Å²) in [5.74, 6) is 0.917. The maximum Gasteiger partial charge on any atom is 0.0594 e. The SMILES string of the molecule is C1CC[C@@H]2NCC[C@@H](N3CCOCC3)[C@@H]2C1. The first-order valence-electron chi connectivity index (χ1n) is 7.00. The van der Waals surface area contributed by atoms with Crippen LogP contribution in [0.5, 0.6) is 0 Å². The molecule has 1 N–H and O–H groups in total. The van der Waals surface area contributed by atoms with Gasteiger partial charge in [0.15, 0.2) is 0 Å². The second kappa shape index (κ2) is 5.03. The highest BCUT2D eigenvalue weighted by atomic mass is 16.5. The Balaban J connectivity index is 1.67. The molecule has 0 aromatic rings. The summed E-state index contributed by atoms with van der Waals surface area (Å²) < 4.78 is 5.47. The van der Waals surface area contributed by atoms with E-state index in [1.807, 2.05) is 0 Å². The van der Waals surface area contributed by atoms with Gasteiger partial charge >= 0.3 is 0 Å². The van der Waals surface area contributed by atoms with Crippen LogP contribution in [-0.2, 0) is 4.74 Å². The summed E-state index contributed by atoms with van der Waals surface area (Å²) in [6.45, 7) is 5.44. The molecule has 0 unspecified atom stereocenters. The molecule has 1 saturated carbocycles. The zero-order valence-corrected chi connectivity index (χ0v) is 10.2. The Morgan fingerprint density at radius 2 is 1.81 bits per heavy atom. The second-order valence-electron chi connectivity index (χ2n) is 5.51. The van der Waals surface area contributed by atoms with Gasteiger partial charge in [-0.2, -0.15) is 0 Å². The van der Waals surface area contributed by atoms with Gasteiger partial charge in [-0.25, -0.2) is 0 Å². The maximum atomic E-state index is 5.47. The first-order chi connectivity index (χ1) is 7.95. The Kier molecular flexibility index (Phi) is 3.46. The van der Waals surface area contributed by atoms with Gasteiger partial charge in [0.05, 0.1) is 13.2 Å². The molecule has 0 bridgehead atoms. The molecule has 3 rings (SSSR count). The number of morpholine rings is 1. The molecule has 3 aliphatic rings. The van der Waals surface area contributed by atoms with E-state index in [1.54, 1.807) is 0 Å². The number of fused-ring (bicyclic) bond motifs is 1. The minimum Gasteiger partial charge on any atom is -0.379 e. The molecule has 0 radical (unpaired) electrons. The van der Waals surface area contributed by atoms with E-state index >= 15 is 0 Å². The number of hydrogen-bond donors (Lipinski definition) is 1. The van der Waals surface area contributed by atoms with E-state index in [9.17, 15) is 0 Å². The monoisotopic (exact) mass is 224 g/mol. The van der Waals surface area contributed by atoms with Gasteiger partial charge in [0.1, 0.15) is 0 Å². The first-order valence-corrected chi connectivity index (χ1v) is 7.00. The fourth-order valence-corrected chi connectivity index (χ4v) is 3.87. The van der Waals surface area contributed by atoms with Crippen LogP contribution in [0, 0.1) is 5.92 Å². The van der Waals surface area contributed by atoms with Gasteiger partial charge in [0.25, 0.3) is 0 Å². The van der Waals surface area contributed by atoms with E-state index in [-0.39, 0.29) is 0 Å². The number of ether oxygens (including phenoxy) is 1. The molecule has 0 spiro atoms. The molecule has 3 heteroatoms. The molecule has 3 fully saturated rings. The molecular weight excluding hydrogens is 200 g/mol. The van der Waals surface area contributed by atoms with Crippen LogP contribution in [0.4, 0.5) is 0 Å². The van der Waals surface area contributed by atoms with Crippen LogP contribution in [0.25, 0.3) is 0 Å². The van der Waals surface area contributed by atoms with Gasteiger partial charge in [-0.15, -0.1) is 0 Å². The third kappa shape index (κ3) is 2.13. The minimum atomic E-state index is 0.815. The Bertz CT molecular complexity index is 226. The van der Waals surface area contributed by atoms with Crippen molar-refractivity contribution in [3.63, 3.8) is 0 Å². The van der Waals surface area contributed by atoms with Gasteiger partial charge in [-0.05, 0) is 31.7 Å². The highest BCUT2D eigenvalue weighted by Gasteiger charge is 2.37. The highest BCUT2D eigenvalue weighted by molar-refractivity contribution is 4.94. The third-order valence-electron chi connectivity index (χ3n) is 4.67. The summed E-state index contributed by atoms with van der Waals surface area (Å²) in [4.78, 5) is 2.70. The summed E-state index contributed by atoms with van der Waals surface area (Å²) in [5.41, 5.74) is 0. The highest BCUT2D eigenvalue weighted by Crippen LogP contribution is 2.33. The zero-order valence-electron chi connectivity index (χ0n) is 10.2. The van der Waals surface area contributed by atoms with Crippen LogP contribution in [0.2, 0.25) is 0 Å². The molecule has 0 aromatic heterocycles. The van der Waals surface area contributed by atoms with Crippen molar-refractivity contribution in [3.8, 4) is 0 Å². The third-order valence-corrected chi connectivity index (χ3v) is 4.67. The topological polar surface area (TPSA) is 24.5 Å². The van der Waals surface area contributed by atoms with Crippen LogP contribution < -0.4 is 5.32 Å². The van der Waals surface area contributed by atoms with Crippen molar-refractivity contribution in [2.24, 2.45) is 5.92 Å². The molecule has 2 aliphatic heterocycles. The normalized spacial score (nSPS) is 41.6. The fourth-order valence-electron chi connectivity index (χ4n) is 3.87. The molecule has 0 amide bonds. The Hall–Kier alpha value is -0.120. The lowest BCUT2D eigenvalue weighted by Gasteiger charge is -2.47. The van der Waals surface area contributed by atoms with Crippen molar-refractivity contribution in [2.45, 2.75) is 44.2 Å². The van der Waals surface area contributed by atoms with Gasteiger partial charge in [0.2, 0.25) is 0 Å². The average molecular weight is 224 g/mol. The van der Waals surface area contributed by atoms with Crippen molar-refractivity contribution < 1.29 is 4.74 Å². The Morgan fingerprint density at radius 1 is 1.00 bits per heavy atom. The summed E-state index contributed by atoms with van der Waals surface area (Å²) in [5, 5.41) is 3.73. The lowest BCUT2D eigenvalue weighted by molar-refractivity contribution is -0.0186. The maximum absolute atomic E-state index is 5.47. The predicted molar refractivity (Wildman–Crippen MR) is 64.5 cm³/mol. The lowest BCUT2D eigenvalue weighted by Crippen LogP contribution is -2.57. The summed E-state index contributed by atoms with van der Waals surface area (Å²) in [6, 6.07) is 1.66. The molecule has 16 heavy (non-hydrogen) atoms. The van der Waals surface area contributed by atoms with Gasteiger partial charge in [-0.3, -0.25) is 4.90 Å². The largest absolute Gasteiger partial charge is 0.379 e. The molecule has 2 saturated heterocycles. The number of hydrogen-bond acceptors (Lipinski definition) is 3. The first kappa shape index (κ1) is 11.0. The summed E-state index contributed by atoms with van der Waals surface area (Å²) >= 11 is 0. The molecule has 3 atom stereocenters. The second-order valence-corrected chi connectivity index (χ2v) is 5.51. The molecule has 1 aliphatic carbocycles. The van der Waals surface area contributed by atoms with E-state index in [1.165, 1.54) is 38.6 Å². The van der Waals surface area contributed by atoms with Gasteiger partial charge in [-0.1, -0.05) is 12.8 Å². The summed E-state index contributed by atoms with van der Waals surface area (Å²) in [6.07, 6.45) is 7.08. The van der Waals surface area contributed by atoms with E-state index in [0.29, 0.717) is 0 Å². The van der Waals surface area contributed by atoms with E-state index in [0.717, 1.165) is 44.3 Å². The Morgan fingerprint density at radius 3 is 2.69 bits per heavy atom. The van der Waals surface area contributed by atoms with Crippen LogP contribution >= 0.6 is 0 Å².